The topological polar surface area (TPSA) is 103 Å². The lowest BCUT2D eigenvalue weighted by molar-refractivity contribution is -0.385. The Morgan fingerprint density at radius 2 is 1.75 bits per heavy atom. The van der Waals surface area contributed by atoms with Gasteiger partial charge in [0.2, 0.25) is 10.0 Å². The molecule has 0 aliphatic rings. The fraction of sp³-hybridized carbons (Fsp3) is 0.333. The molecule has 0 atom stereocenters. The molecule has 0 amide bonds. The second-order valence-electron chi connectivity index (χ2n) is 3.59. The van der Waals surface area contributed by atoms with Gasteiger partial charge in [0, 0.05) is 11.6 Å². The summed E-state index contributed by atoms with van der Waals surface area (Å²) in [6.07, 6.45) is 0. The number of nitro groups is 1. The van der Waals surface area contributed by atoms with Crippen molar-refractivity contribution in [2.24, 2.45) is 5.14 Å². The Hall–Kier alpha value is -1.47. The van der Waals surface area contributed by atoms with E-state index in [1.165, 1.54) is 13.0 Å². The van der Waals surface area contributed by atoms with Gasteiger partial charge < -0.3 is 0 Å². The monoisotopic (exact) mass is 244 g/mol. The van der Waals surface area contributed by atoms with E-state index in [1.54, 1.807) is 13.8 Å². The van der Waals surface area contributed by atoms with Crippen LogP contribution in [0.25, 0.3) is 0 Å². The zero-order valence-corrected chi connectivity index (χ0v) is 9.96. The van der Waals surface area contributed by atoms with Crippen LogP contribution in [0.5, 0.6) is 0 Å². The second kappa shape index (κ2) is 3.84. The van der Waals surface area contributed by atoms with Crippen LogP contribution in [0.2, 0.25) is 0 Å². The van der Waals surface area contributed by atoms with E-state index >= 15 is 0 Å². The number of hydrogen-bond acceptors (Lipinski definition) is 4. The number of sulfonamides is 1. The summed E-state index contributed by atoms with van der Waals surface area (Å²) in [5, 5.41) is 15.8. The molecule has 88 valence electrons. The molecule has 0 aromatic heterocycles. The van der Waals surface area contributed by atoms with Crippen LogP contribution in [0.1, 0.15) is 16.7 Å². The molecule has 0 unspecified atom stereocenters. The van der Waals surface area contributed by atoms with Crippen LogP contribution in [0, 0.1) is 30.9 Å². The molecule has 0 aliphatic heterocycles. The van der Waals surface area contributed by atoms with Gasteiger partial charge in [0.15, 0.2) is 0 Å². The number of nitrogens with two attached hydrogens (primary N) is 1. The number of aryl methyl sites for hydroxylation is 1. The molecule has 7 heteroatoms. The Labute approximate surface area is 93.3 Å². The Morgan fingerprint density at radius 1 is 1.25 bits per heavy atom. The van der Waals surface area contributed by atoms with Gasteiger partial charge in [0.1, 0.15) is 0 Å². The van der Waals surface area contributed by atoms with E-state index in [9.17, 15) is 18.5 Å². The largest absolute Gasteiger partial charge is 0.273 e. The highest BCUT2D eigenvalue weighted by molar-refractivity contribution is 7.89. The normalized spacial score (nSPS) is 11.5. The van der Waals surface area contributed by atoms with Gasteiger partial charge in [0.25, 0.3) is 5.69 Å². The lowest BCUT2D eigenvalue weighted by Crippen LogP contribution is -2.16. The van der Waals surface area contributed by atoms with E-state index in [0.29, 0.717) is 11.1 Å². The maximum Gasteiger partial charge on any atom is 0.273 e. The SMILES string of the molecule is Cc1cc([N+](=O)[O-])c(C)c(S(N)(=O)=O)c1C. The zero-order chi connectivity index (χ0) is 12.7. The molecule has 1 rings (SSSR count). The number of nitrogens with zero attached hydrogens (tertiary/aromatic N) is 1. The third-order valence-electron chi connectivity index (χ3n) is 2.49. The lowest BCUT2D eigenvalue weighted by Gasteiger charge is -2.10. The molecule has 0 fully saturated rings. The highest BCUT2D eigenvalue weighted by Gasteiger charge is 2.24. The molecule has 0 heterocycles. The number of nitro benzene ring substituents is 1. The molecule has 0 aliphatic carbocycles. The second-order valence-corrected chi connectivity index (χ2v) is 5.09. The van der Waals surface area contributed by atoms with Crippen LogP contribution in [-0.2, 0) is 10.0 Å². The van der Waals surface area contributed by atoms with E-state index < -0.39 is 14.9 Å². The lowest BCUT2D eigenvalue weighted by atomic mass is 10.0. The molecule has 0 saturated carbocycles. The maximum atomic E-state index is 11.4. The zero-order valence-electron chi connectivity index (χ0n) is 9.14. The Balaban J connectivity index is 3.80. The first kappa shape index (κ1) is 12.6. The standard InChI is InChI=1S/C9H12N2O4S/c1-5-4-8(11(12)13)7(3)9(6(5)2)16(10,14)15/h4H,1-3H3,(H2,10,14,15). The average Bonchev–Trinajstić information content (AvgIpc) is 2.08. The van der Waals surface area contributed by atoms with Crippen LogP contribution in [-0.4, -0.2) is 13.3 Å². The average molecular weight is 244 g/mol. The third kappa shape index (κ3) is 2.05. The summed E-state index contributed by atoms with van der Waals surface area (Å²) in [5.41, 5.74) is 0.828. The summed E-state index contributed by atoms with van der Waals surface area (Å²) in [6, 6.07) is 1.35. The summed E-state index contributed by atoms with van der Waals surface area (Å²) in [4.78, 5) is 9.97. The fourth-order valence-electron chi connectivity index (χ4n) is 1.61. The summed E-state index contributed by atoms with van der Waals surface area (Å²) >= 11 is 0. The van der Waals surface area contributed by atoms with Crippen molar-refractivity contribution >= 4 is 15.7 Å². The third-order valence-corrected chi connectivity index (χ3v) is 3.67. The van der Waals surface area contributed by atoms with Crippen molar-refractivity contribution in [2.45, 2.75) is 25.7 Å². The van der Waals surface area contributed by atoms with Gasteiger partial charge in [-0.05, 0) is 31.9 Å². The molecule has 0 radical (unpaired) electrons. The van der Waals surface area contributed by atoms with Crippen molar-refractivity contribution < 1.29 is 13.3 Å². The Morgan fingerprint density at radius 3 is 2.12 bits per heavy atom. The summed E-state index contributed by atoms with van der Waals surface area (Å²) in [5.74, 6) is 0. The van der Waals surface area contributed by atoms with Crippen molar-refractivity contribution in [3.05, 3.63) is 32.9 Å². The Bertz CT molecular complexity index is 563. The van der Waals surface area contributed by atoms with E-state index in [4.69, 9.17) is 5.14 Å². The van der Waals surface area contributed by atoms with Crippen LogP contribution >= 0.6 is 0 Å². The van der Waals surface area contributed by atoms with Crippen molar-refractivity contribution in [3.8, 4) is 0 Å². The van der Waals surface area contributed by atoms with Gasteiger partial charge >= 0.3 is 0 Å². The van der Waals surface area contributed by atoms with Gasteiger partial charge in [-0.1, -0.05) is 0 Å². The molecule has 1 aromatic carbocycles. The molecule has 0 spiro atoms. The number of benzene rings is 1. The minimum Gasteiger partial charge on any atom is -0.258 e. The number of hydrogen-bond donors (Lipinski definition) is 1. The predicted octanol–water partition coefficient (Wildman–Crippen LogP) is 1.17. The van der Waals surface area contributed by atoms with Crippen LogP contribution in [0.3, 0.4) is 0 Å². The molecule has 0 saturated heterocycles. The smallest absolute Gasteiger partial charge is 0.258 e. The van der Waals surface area contributed by atoms with Crippen LogP contribution in [0.15, 0.2) is 11.0 Å². The van der Waals surface area contributed by atoms with Gasteiger partial charge in [-0.15, -0.1) is 0 Å². The highest BCUT2D eigenvalue weighted by Crippen LogP contribution is 2.29. The number of rotatable bonds is 2. The maximum absolute atomic E-state index is 11.4. The van der Waals surface area contributed by atoms with Crippen molar-refractivity contribution in [3.63, 3.8) is 0 Å². The molecule has 16 heavy (non-hydrogen) atoms. The summed E-state index contributed by atoms with van der Waals surface area (Å²) in [6.45, 7) is 4.56. The fourth-order valence-corrected chi connectivity index (χ4v) is 2.73. The van der Waals surface area contributed by atoms with E-state index in [1.807, 2.05) is 0 Å². The first-order chi connectivity index (χ1) is 7.16. The molecular weight excluding hydrogens is 232 g/mol. The molecule has 2 N–H and O–H groups in total. The van der Waals surface area contributed by atoms with Gasteiger partial charge in [-0.25, -0.2) is 13.6 Å². The van der Waals surface area contributed by atoms with Gasteiger partial charge in [0.05, 0.1) is 9.82 Å². The Kier molecular flexibility index (Phi) is 3.02. The van der Waals surface area contributed by atoms with Crippen LogP contribution < -0.4 is 5.14 Å². The quantitative estimate of drug-likeness (QED) is 0.622. The van der Waals surface area contributed by atoms with Crippen molar-refractivity contribution in [2.75, 3.05) is 0 Å². The minimum atomic E-state index is -3.95. The first-order valence-corrected chi connectivity index (χ1v) is 5.99. The summed E-state index contributed by atoms with van der Waals surface area (Å²) in [7, 11) is -3.95. The highest BCUT2D eigenvalue weighted by atomic mass is 32.2. The molecule has 0 bridgehead atoms. The van der Waals surface area contributed by atoms with E-state index in [-0.39, 0.29) is 16.1 Å². The molecular formula is C9H12N2O4S. The van der Waals surface area contributed by atoms with Gasteiger partial charge in [-0.2, -0.15) is 0 Å². The molecule has 6 nitrogen and oxygen atoms in total. The van der Waals surface area contributed by atoms with Gasteiger partial charge in [-0.3, -0.25) is 10.1 Å². The van der Waals surface area contributed by atoms with E-state index in [0.717, 1.165) is 0 Å². The number of primary sulfonamides is 1. The van der Waals surface area contributed by atoms with Crippen molar-refractivity contribution in [1.82, 2.24) is 0 Å². The minimum absolute atomic E-state index is 0.0793. The predicted molar refractivity (Wildman–Crippen MR) is 58.7 cm³/mol. The first-order valence-electron chi connectivity index (χ1n) is 4.44. The van der Waals surface area contributed by atoms with E-state index in [2.05, 4.69) is 0 Å². The molecule has 1 aromatic rings. The summed E-state index contributed by atoms with van der Waals surface area (Å²) < 4.78 is 22.7. The van der Waals surface area contributed by atoms with Crippen LogP contribution in [0.4, 0.5) is 5.69 Å². The van der Waals surface area contributed by atoms with Crippen molar-refractivity contribution in [1.29, 1.82) is 0 Å².